The summed E-state index contributed by atoms with van der Waals surface area (Å²) in [5.74, 6) is 1.71. The van der Waals surface area contributed by atoms with Gasteiger partial charge in [-0.2, -0.15) is 0 Å². The maximum Gasteiger partial charge on any atom is 0.255 e. The van der Waals surface area contributed by atoms with E-state index in [4.69, 9.17) is 19.9 Å². The Morgan fingerprint density at radius 3 is 2.22 bits per heavy atom. The Balaban J connectivity index is 2.23. The Morgan fingerprint density at radius 1 is 1.13 bits per heavy atom. The minimum atomic E-state index is -0.204. The van der Waals surface area contributed by atoms with Crippen molar-refractivity contribution >= 4 is 5.91 Å². The smallest absolute Gasteiger partial charge is 0.255 e. The topological polar surface area (TPSA) is 82.8 Å². The zero-order valence-electron chi connectivity index (χ0n) is 14.1. The molecule has 2 rings (SSSR count). The summed E-state index contributed by atoms with van der Waals surface area (Å²) in [6, 6.07) is 3.28. The van der Waals surface area contributed by atoms with Gasteiger partial charge >= 0.3 is 0 Å². The Labute approximate surface area is 137 Å². The minimum absolute atomic E-state index is 0.0113. The van der Waals surface area contributed by atoms with Crippen molar-refractivity contribution in [3.8, 4) is 17.2 Å². The summed E-state index contributed by atoms with van der Waals surface area (Å²) >= 11 is 0. The molecule has 1 atom stereocenters. The molecule has 1 amide bonds. The molecule has 0 aromatic heterocycles. The molecule has 0 bridgehead atoms. The van der Waals surface area contributed by atoms with Gasteiger partial charge in [0.2, 0.25) is 0 Å². The van der Waals surface area contributed by atoms with Crippen LogP contribution in [-0.4, -0.2) is 39.8 Å². The lowest BCUT2D eigenvalue weighted by atomic mass is 9.97. The number of carbonyl (C=O) groups excluding carboxylic acids is 1. The molecular weight excluding hydrogens is 296 g/mol. The molecule has 0 spiro atoms. The van der Waals surface area contributed by atoms with Crippen molar-refractivity contribution in [3.05, 3.63) is 17.7 Å². The molecule has 0 radical (unpaired) electrons. The lowest BCUT2D eigenvalue weighted by molar-refractivity contribution is 0.0920. The van der Waals surface area contributed by atoms with E-state index in [1.165, 1.54) is 27.1 Å². The summed E-state index contributed by atoms with van der Waals surface area (Å²) in [7, 11) is 4.60. The Hall–Kier alpha value is -1.95. The molecule has 0 aliphatic heterocycles. The summed E-state index contributed by atoms with van der Waals surface area (Å²) in [5, 5.41) is 3.05. The molecule has 1 saturated carbocycles. The lowest BCUT2D eigenvalue weighted by Crippen LogP contribution is -2.44. The highest BCUT2D eigenvalue weighted by Gasteiger charge is 2.27. The van der Waals surface area contributed by atoms with Gasteiger partial charge in [0, 0.05) is 24.7 Å². The molecule has 128 valence electrons. The van der Waals surface area contributed by atoms with Crippen molar-refractivity contribution in [3.63, 3.8) is 0 Å². The van der Waals surface area contributed by atoms with Crippen LogP contribution < -0.4 is 25.3 Å². The number of nitrogens with two attached hydrogens (primary N) is 1. The van der Waals surface area contributed by atoms with Gasteiger partial charge < -0.3 is 25.3 Å². The molecule has 23 heavy (non-hydrogen) atoms. The van der Waals surface area contributed by atoms with Crippen LogP contribution in [-0.2, 0) is 0 Å². The number of methoxy groups -OCH3 is 3. The van der Waals surface area contributed by atoms with Gasteiger partial charge in [-0.05, 0) is 18.8 Å². The van der Waals surface area contributed by atoms with Crippen LogP contribution in [0.3, 0.4) is 0 Å². The average molecular weight is 322 g/mol. The summed E-state index contributed by atoms with van der Waals surface area (Å²) in [4.78, 5) is 12.7. The van der Waals surface area contributed by atoms with E-state index in [1.807, 2.05) is 0 Å². The van der Waals surface area contributed by atoms with Crippen LogP contribution in [0.2, 0.25) is 0 Å². The molecule has 1 fully saturated rings. The third kappa shape index (κ3) is 3.88. The molecule has 0 saturated heterocycles. The first-order valence-electron chi connectivity index (χ1n) is 7.95. The van der Waals surface area contributed by atoms with E-state index < -0.39 is 0 Å². The fourth-order valence-corrected chi connectivity index (χ4v) is 3.18. The van der Waals surface area contributed by atoms with Crippen LogP contribution in [0.1, 0.15) is 36.0 Å². The van der Waals surface area contributed by atoms with Crippen molar-refractivity contribution in [1.82, 2.24) is 5.32 Å². The number of hydrogen-bond acceptors (Lipinski definition) is 5. The standard InChI is InChI=1S/C17H26N2O4/c1-21-14-9-16(23-3)15(22-2)8-12(14)17(20)19-13(10-18)11-6-4-5-7-11/h8-9,11,13H,4-7,10,18H2,1-3H3,(H,19,20). The van der Waals surface area contributed by atoms with Gasteiger partial charge in [-0.3, -0.25) is 4.79 Å². The predicted octanol–water partition coefficient (Wildman–Crippen LogP) is 1.96. The third-order valence-electron chi connectivity index (χ3n) is 4.49. The molecule has 1 aliphatic rings. The number of hydrogen-bond donors (Lipinski definition) is 2. The maximum absolute atomic E-state index is 12.7. The highest BCUT2D eigenvalue weighted by atomic mass is 16.5. The predicted molar refractivity (Wildman–Crippen MR) is 88.4 cm³/mol. The van der Waals surface area contributed by atoms with E-state index in [0.717, 1.165) is 12.8 Å². The lowest BCUT2D eigenvalue weighted by Gasteiger charge is -2.24. The number of ether oxygens (including phenoxy) is 3. The van der Waals surface area contributed by atoms with E-state index in [0.29, 0.717) is 35.3 Å². The second-order valence-corrected chi connectivity index (χ2v) is 5.77. The Bertz CT molecular complexity index is 542. The molecule has 1 unspecified atom stereocenters. The molecule has 1 aliphatic carbocycles. The number of rotatable bonds is 7. The Kier molecular flexibility index (Phi) is 6.10. The zero-order valence-corrected chi connectivity index (χ0v) is 14.1. The van der Waals surface area contributed by atoms with Crippen LogP contribution in [0, 0.1) is 5.92 Å². The third-order valence-corrected chi connectivity index (χ3v) is 4.49. The highest BCUT2D eigenvalue weighted by Crippen LogP contribution is 2.35. The quantitative estimate of drug-likeness (QED) is 0.802. The Morgan fingerprint density at radius 2 is 1.70 bits per heavy atom. The van der Waals surface area contributed by atoms with Crippen LogP contribution in [0.5, 0.6) is 17.2 Å². The summed E-state index contributed by atoms with van der Waals surface area (Å²) in [6.45, 7) is 0.437. The first-order valence-corrected chi connectivity index (χ1v) is 7.95. The average Bonchev–Trinajstić information content (AvgIpc) is 3.12. The molecule has 3 N–H and O–H groups in total. The van der Waals surface area contributed by atoms with E-state index in [9.17, 15) is 4.79 Å². The SMILES string of the molecule is COc1cc(OC)c(C(=O)NC(CN)C2CCCC2)cc1OC. The number of amides is 1. The zero-order chi connectivity index (χ0) is 16.8. The molecule has 6 heteroatoms. The van der Waals surface area contributed by atoms with E-state index in [1.54, 1.807) is 19.2 Å². The van der Waals surface area contributed by atoms with Crippen LogP contribution in [0.4, 0.5) is 0 Å². The largest absolute Gasteiger partial charge is 0.496 e. The first kappa shape index (κ1) is 17.4. The normalized spacial score (nSPS) is 16.0. The number of nitrogens with one attached hydrogen (secondary N) is 1. The first-order chi connectivity index (χ1) is 11.1. The van der Waals surface area contributed by atoms with E-state index >= 15 is 0 Å². The fraction of sp³-hybridized carbons (Fsp3) is 0.588. The van der Waals surface area contributed by atoms with Crippen LogP contribution in [0.15, 0.2) is 12.1 Å². The van der Waals surface area contributed by atoms with Crippen LogP contribution >= 0.6 is 0 Å². The van der Waals surface area contributed by atoms with Crippen molar-refractivity contribution in [2.45, 2.75) is 31.7 Å². The summed E-state index contributed by atoms with van der Waals surface area (Å²) < 4.78 is 15.8. The molecule has 1 aromatic carbocycles. The summed E-state index contributed by atoms with van der Waals surface area (Å²) in [5.41, 5.74) is 6.28. The van der Waals surface area contributed by atoms with Gasteiger partial charge in [0.1, 0.15) is 5.75 Å². The maximum atomic E-state index is 12.7. The second kappa shape index (κ2) is 8.06. The minimum Gasteiger partial charge on any atom is -0.496 e. The van der Waals surface area contributed by atoms with Gasteiger partial charge in [0.25, 0.3) is 5.91 Å². The number of benzene rings is 1. The molecular formula is C17H26N2O4. The van der Waals surface area contributed by atoms with Crippen molar-refractivity contribution in [2.24, 2.45) is 11.7 Å². The van der Waals surface area contributed by atoms with Gasteiger partial charge in [0.15, 0.2) is 11.5 Å². The fourth-order valence-electron chi connectivity index (χ4n) is 3.18. The van der Waals surface area contributed by atoms with E-state index in [-0.39, 0.29) is 11.9 Å². The second-order valence-electron chi connectivity index (χ2n) is 5.77. The van der Waals surface area contributed by atoms with Gasteiger partial charge in [0.05, 0.1) is 26.9 Å². The van der Waals surface area contributed by atoms with Crippen LogP contribution in [0.25, 0.3) is 0 Å². The van der Waals surface area contributed by atoms with Crippen molar-refractivity contribution < 1.29 is 19.0 Å². The van der Waals surface area contributed by atoms with Gasteiger partial charge in [-0.25, -0.2) is 0 Å². The molecule has 1 aromatic rings. The molecule has 6 nitrogen and oxygen atoms in total. The van der Waals surface area contributed by atoms with Crippen molar-refractivity contribution in [2.75, 3.05) is 27.9 Å². The molecule has 0 heterocycles. The summed E-state index contributed by atoms with van der Waals surface area (Å²) in [6.07, 6.45) is 4.64. The number of carbonyl (C=O) groups is 1. The monoisotopic (exact) mass is 322 g/mol. The highest BCUT2D eigenvalue weighted by molar-refractivity contribution is 5.98. The van der Waals surface area contributed by atoms with Gasteiger partial charge in [-0.1, -0.05) is 12.8 Å². The van der Waals surface area contributed by atoms with Crippen molar-refractivity contribution in [1.29, 1.82) is 0 Å². The van der Waals surface area contributed by atoms with Gasteiger partial charge in [-0.15, -0.1) is 0 Å². The van der Waals surface area contributed by atoms with E-state index in [2.05, 4.69) is 5.32 Å².